The zero-order chi connectivity index (χ0) is 38.7. The maximum Gasteiger partial charge on any atom is 0.410 e. The molecule has 2 amide bonds. The van der Waals surface area contributed by atoms with Gasteiger partial charge >= 0.3 is 24.1 Å². The number of carbonyl (C=O) groups excluding carboxylic acids is 2. The Morgan fingerprint density at radius 3 is 1.44 bits per heavy atom. The maximum absolute atomic E-state index is 12.6. The van der Waals surface area contributed by atoms with Crippen LogP contribution in [0.5, 0.6) is 0 Å². The Hall–Kier alpha value is -3.34. The van der Waals surface area contributed by atoms with Gasteiger partial charge in [0.1, 0.15) is 33.4 Å². The van der Waals surface area contributed by atoms with Crippen LogP contribution in [-0.2, 0) is 9.47 Å². The van der Waals surface area contributed by atoms with Gasteiger partial charge in [-0.3, -0.25) is 0 Å². The minimum absolute atomic E-state index is 0.0797. The molecule has 284 valence electrons. The van der Waals surface area contributed by atoms with Crippen LogP contribution in [0.1, 0.15) is 139 Å². The second-order valence-corrected chi connectivity index (χ2v) is 16.4. The van der Waals surface area contributed by atoms with Gasteiger partial charge in [-0.15, -0.1) is 22.7 Å². The van der Waals surface area contributed by atoms with Gasteiger partial charge in [-0.2, -0.15) is 0 Å². The zero-order valence-electron chi connectivity index (χ0n) is 31.3. The van der Waals surface area contributed by atoms with E-state index < -0.39 is 47.5 Å². The highest BCUT2D eigenvalue weighted by Crippen LogP contribution is 2.29. The van der Waals surface area contributed by atoms with E-state index in [0.717, 1.165) is 29.1 Å². The normalized spacial score (nSPS) is 14.2. The summed E-state index contributed by atoms with van der Waals surface area (Å²) in [4.78, 5) is 57.8. The van der Waals surface area contributed by atoms with Crippen LogP contribution in [0.25, 0.3) is 0 Å². The lowest BCUT2D eigenvalue weighted by molar-refractivity contribution is 0.00288. The molecule has 0 radical (unpaired) electrons. The van der Waals surface area contributed by atoms with Crippen molar-refractivity contribution in [1.29, 1.82) is 0 Å². The van der Waals surface area contributed by atoms with Crippen LogP contribution < -0.4 is 0 Å². The van der Waals surface area contributed by atoms with Gasteiger partial charge in [-0.05, 0) is 59.8 Å². The molecule has 0 spiro atoms. The van der Waals surface area contributed by atoms with Crippen molar-refractivity contribution in [2.75, 3.05) is 13.6 Å². The maximum atomic E-state index is 12.6. The summed E-state index contributed by atoms with van der Waals surface area (Å²) in [6.07, 6.45) is -1.47. The Labute approximate surface area is 303 Å². The largest absolute Gasteiger partial charge is 0.476 e. The van der Waals surface area contributed by atoms with Crippen molar-refractivity contribution in [3.05, 3.63) is 32.2 Å². The Kier molecular flexibility index (Phi) is 17.3. The summed E-state index contributed by atoms with van der Waals surface area (Å²) >= 11 is 2.20. The van der Waals surface area contributed by atoms with Gasteiger partial charge in [0.25, 0.3) is 0 Å². The topological polar surface area (TPSA) is 200 Å². The van der Waals surface area contributed by atoms with Crippen LogP contribution in [0.15, 0.2) is 10.8 Å². The third kappa shape index (κ3) is 14.9. The number of hydrogen-bond donors (Lipinski definition) is 4. The number of aliphatic hydroxyl groups excluding tert-OH is 2. The first-order valence-corrected chi connectivity index (χ1v) is 18.3. The summed E-state index contributed by atoms with van der Waals surface area (Å²) in [7, 11) is 1.63. The summed E-state index contributed by atoms with van der Waals surface area (Å²) in [5.41, 5.74) is -1.37. The van der Waals surface area contributed by atoms with E-state index >= 15 is 0 Å². The summed E-state index contributed by atoms with van der Waals surface area (Å²) in [6.45, 7) is 21.2. The molecular formula is C34H56N4O10S2. The molecular weight excluding hydrogens is 689 g/mol. The van der Waals surface area contributed by atoms with E-state index in [9.17, 15) is 29.4 Å². The van der Waals surface area contributed by atoms with Crippen molar-refractivity contribution in [3.63, 3.8) is 0 Å². The molecule has 2 heterocycles. The fourth-order valence-corrected chi connectivity index (χ4v) is 6.38. The number of hydrogen-bond acceptors (Lipinski definition) is 12. The van der Waals surface area contributed by atoms with Crippen molar-refractivity contribution >= 4 is 46.8 Å². The molecule has 4 N–H and O–H groups in total. The van der Waals surface area contributed by atoms with Crippen LogP contribution in [-0.4, -0.2) is 101 Å². The minimum Gasteiger partial charge on any atom is -0.476 e. The van der Waals surface area contributed by atoms with E-state index in [1.807, 2.05) is 55.4 Å². The second-order valence-electron chi connectivity index (χ2n) is 14.6. The Balaban J connectivity index is 0.000000502. The highest BCUT2D eigenvalue weighted by Gasteiger charge is 2.33. The number of thiazole rings is 2. The zero-order valence-corrected chi connectivity index (χ0v) is 32.9. The van der Waals surface area contributed by atoms with E-state index in [4.69, 9.17) is 19.7 Å². The molecule has 16 heteroatoms. The molecule has 50 heavy (non-hydrogen) atoms. The van der Waals surface area contributed by atoms with Crippen LogP contribution in [0.4, 0.5) is 9.59 Å². The molecule has 0 aliphatic heterocycles. The number of rotatable bonds is 14. The first-order chi connectivity index (χ1) is 22.9. The van der Waals surface area contributed by atoms with Crippen molar-refractivity contribution in [2.24, 2.45) is 11.8 Å². The third-order valence-corrected chi connectivity index (χ3v) is 9.08. The number of ether oxygens (including phenoxy) is 2. The van der Waals surface area contributed by atoms with Crippen LogP contribution in [0.2, 0.25) is 0 Å². The number of aliphatic hydroxyl groups is 2. The molecule has 2 rings (SSSR count). The lowest BCUT2D eigenvalue weighted by Crippen LogP contribution is -2.46. The molecule has 2 aromatic rings. The lowest BCUT2D eigenvalue weighted by atomic mass is 9.96. The van der Waals surface area contributed by atoms with Gasteiger partial charge in [0.05, 0.1) is 0 Å². The van der Waals surface area contributed by atoms with Crippen molar-refractivity contribution in [3.8, 4) is 0 Å². The molecule has 14 nitrogen and oxygen atoms in total. The van der Waals surface area contributed by atoms with Gasteiger partial charge < -0.3 is 39.7 Å². The first-order valence-electron chi connectivity index (χ1n) is 16.6. The SMILES string of the molecule is CC(C)[C@H](C[C@@H](O)c1nc(C(=O)O)cs1)N(C)C(=O)OC(C)(C)C.CCCN(C(=O)OC(C)(C)C)[C@@H](C[C@@H](O)c1nc(C(=O)O)cs1)C(C)C. The molecule has 4 atom stereocenters. The molecule has 0 unspecified atom stereocenters. The van der Waals surface area contributed by atoms with Gasteiger partial charge in [-0.25, -0.2) is 29.1 Å². The third-order valence-electron chi connectivity index (χ3n) is 7.19. The van der Waals surface area contributed by atoms with Crippen LogP contribution in [0, 0.1) is 11.8 Å². The fraction of sp³-hybridized carbons (Fsp3) is 0.706. The van der Waals surface area contributed by atoms with Gasteiger partial charge in [0.15, 0.2) is 11.4 Å². The average Bonchev–Trinajstić information content (AvgIpc) is 3.67. The van der Waals surface area contributed by atoms with E-state index in [-0.39, 0.29) is 48.1 Å². The van der Waals surface area contributed by atoms with E-state index in [1.54, 1.807) is 32.7 Å². The van der Waals surface area contributed by atoms with E-state index in [0.29, 0.717) is 16.6 Å². The number of aromatic carboxylic acids is 2. The van der Waals surface area contributed by atoms with Gasteiger partial charge in [-0.1, -0.05) is 34.6 Å². The highest BCUT2D eigenvalue weighted by atomic mass is 32.1. The summed E-state index contributed by atoms with van der Waals surface area (Å²) in [6, 6.07) is -0.524. The second kappa shape index (κ2) is 19.3. The van der Waals surface area contributed by atoms with Crippen molar-refractivity contribution < 1.29 is 49.1 Å². The number of carbonyl (C=O) groups is 4. The van der Waals surface area contributed by atoms with E-state index in [2.05, 4.69) is 9.97 Å². The van der Waals surface area contributed by atoms with E-state index in [1.165, 1.54) is 15.7 Å². The molecule has 0 aliphatic rings. The predicted molar refractivity (Wildman–Crippen MR) is 192 cm³/mol. The van der Waals surface area contributed by atoms with Crippen LogP contribution >= 0.6 is 22.7 Å². The number of nitrogens with zero attached hydrogens (tertiary/aromatic N) is 4. The highest BCUT2D eigenvalue weighted by molar-refractivity contribution is 7.10. The Morgan fingerprint density at radius 2 is 1.12 bits per heavy atom. The summed E-state index contributed by atoms with van der Waals surface area (Å²) in [5.74, 6) is -2.09. The summed E-state index contributed by atoms with van der Waals surface area (Å²) in [5, 5.41) is 42.3. The minimum atomic E-state index is -1.13. The standard InChI is InChI=1S/C18H30N2O5S.C16H26N2O5S/c1-7-8-20(17(24)25-18(4,5)6)13(11(2)3)9-14(21)15-19-12(10-26-15)16(22)23;1-9(2)11(18(6)15(22)23-16(3,4)5)7-12(19)13-17-10(8-24-13)14(20)21/h10-11,13-14,21H,7-9H2,1-6H3,(H,22,23);8-9,11-12,19H,7H2,1-6H3,(H,20,21)/t13-,14+;11-,12+/m00/s1. The molecule has 0 aliphatic carbocycles. The number of amides is 2. The first kappa shape index (κ1) is 44.7. The monoisotopic (exact) mass is 744 g/mol. The van der Waals surface area contributed by atoms with Crippen molar-refractivity contribution in [1.82, 2.24) is 19.8 Å². The van der Waals surface area contributed by atoms with Gasteiger partial charge in [0, 0.05) is 49.3 Å². The average molecular weight is 745 g/mol. The fourth-order valence-electron chi connectivity index (χ4n) is 4.80. The number of aromatic nitrogens is 2. The predicted octanol–water partition coefficient (Wildman–Crippen LogP) is 7.09. The van der Waals surface area contributed by atoms with Gasteiger partial charge in [0.2, 0.25) is 0 Å². The summed E-state index contributed by atoms with van der Waals surface area (Å²) < 4.78 is 10.9. The molecule has 0 aromatic carbocycles. The smallest absolute Gasteiger partial charge is 0.410 e. The Bertz CT molecular complexity index is 1400. The molecule has 0 saturated carbocycles. The molecule has 0 fully saturated rings. The number of carboxylic acid groups (broad SMARTS) is 2. The van der Waals surface area contributed by atoms with Crippen molar-refractivity contribution in [2.45, 2.75) is 131 Å². The van der Waals surface area contributed by atoms with Crippen LogP contribution in [0.3, 0.4) is 0 Å². The quantitative estimate of drug-likeness (QED) is 0.153. The Morgan fingerprint density at radius 1 is 0.740 bits per heavy atom. The molecule has 2 aromatic heterocycles. The lowest BCUT2D eigenvalue weighted by Gasteiger charge is -2.36. The molecule has 0 bridgehead atoms. The number of carboxylic acids is 2. The molecule has 0 saturated heterocycles.